The van der Waals surface area contributed by atoms with Gasteiger partial charge in [0.25, 0.3) is 0 Å². The summed E-state index contributed by atoms with van der Waals surface area (Å²) >= 11 is 0. The van der Waals surface area contributed by atoms with Crippen LogP contribution in [0.1, 0.15) is 5.56 Å². The highest BCUT2D eigenvalue weighted by molar-refractivity contribution is 7.10. The predicted octanol–water partition coefficient (Wildman–Crippen LogP) is 0.856. The molecule has 0 heterocycles. The van der Waals surface area contributed by atoms with Gasteiger partial charge >= 0.3 is 5.97 Å². The van der Waals surface area contributed by atoms with Gasteiger partial charge in [0, 0.05) is 0 Å². The molecule has 0 aliphatic heterocycles. The molecule has 0 aliphatic rings. The Bertz CT molecular complexity index is 326. The summed E-state index contributed by atoms with van der Waals surface area (Å²) in [4.78, 5) is 11.3. The van der Waals surface area contributed by atoms with E-state index in [2.05, 4.69) is 9.84 Å². The number of hydrogen-bond donors (Lipinski definition) is 2. The zero-order valence-corrected chi connectivity index (χ0v) is 9.59. The second kappa shape index (κ2) is 5.69. The van der Waals surface area contributed by atoms with Gasteiger partial charge in [-0.2, -0.15) is 0 Å². The number of aromatic hydroxyl groups is 1. The molecule has 1 rings (SSSR count). The first-order chi connectivity index (χ1) is 7.17. The van der Waals surface area contributed by atoms with Crippen LogP contribution in [-0.2, 0) is 15.7 Å². The Morgan fingerprint density at radius 3 is 2.60 bits per heavy atom. The lowest BCUT2D eigenvalue weighted by atomic mass is 10.1. The summed E-state index contributed by atoms with van der Waals surface area (Å²) in [5.41, 5.74) is 0.961. The number of nitrogens with one attached hydrogen (secondary N) is 1. The van der Waals surface area contributed by atoms with E-state index in [0.717, 1.165) is 5.56 Å². The maximum absolute atomic E-state index is 11.3. The topological polar surface area (TPSA) is 58.6 Å². The molecular weight excluding hydrogens is 213 g/mol. The van der Waals surface area contributed by atoms with Gasteiger partial charge in [-0.05, 0) is 31.2 Å². The van der Waals surface area contributed by atoms with Gasteiger partial charge in [0.05, 0.1) is 9.47 Å². The standard InChI is InChI=1S/C10H14NO3P/c1-11-9(10(13)14-15)6-7-2-4-8(12)5-3-7/h2-5,9,11-12H,6,15H2,1H3/t9-/m0/s1. The number of phenolic OH excluding ortho intramolecular Hbond substituents is 1. The average Bonchev–Trinajstić information content (AvgIpc) is 2.27. The molecule has 1 aromatic rings. The van der Waals surface area contributed by atoms with Gasteiger partial charge in [-0.25, -0.2) is 0 Å². The van der Waals surface area contributed by atoms with Crippen molar-refractivity contribution in [1.29, 1.82) is 0 Å². The molecule has 15 heavy (non-hydrogen) atoms. The van der Waals surface area contributed by atoms with Crippen molar-refractivity contribution in [3.05, 3.63) is 29.8 Å². The van der Waals surface area contributed by atoms with E-state index in [4.69, 9.17) is 5.11 Å². The van der Waals surface area contributed by atoms with Crippen LogP contribution in [0.15, 0.2) is 24.3 Å². The molecule has 1 aromatic carbocycles. The van der Waals surface area contributed by atoms with Crippen LogP contribution >= 0.6 is 9.47 Å². The number of benzene rings is 1. The molecular formula is C10H14NO3P. The fraction of sp³-hybridized carbons (Fsp3) is 0.300. The Morgan fingerprint density at radius 2 is 2.13 bits per heavy atom. The molecule has 1 unspecified atom stereocenters. The van der Waals surface area contributed by atoms with Crippen LogP contribution < -0.4 is 5.32 Å². The van der Waals surface area contributed by atoms with Crippen LogP contribution in [0.5, 0.6) is 5.75 Å². The maximum atomic E-state index is 11.3. The van der Waals surface area contributed by atoms with E-state index in [1.807, 2.05) is 9.47 Å². The lowest BCUT2D eigenvalue weighted by Gasteiger charge is -2.13. The molecule has 0 aliphatic carbocycles. The van der Waals surface area contributed by atoms with E-state index >= 15 is 0 Å². The number of carbonyl (C=O) groups excluding carboxylic acids is 1. The van der Waals surface area contributed by atoms with Gasteiger partial charge in [-0.15, -0.1) is 0 Å². The normalized spacial score (nSPS) is 12.1. The fourth-order valence-corrected chi connectivity index (χ4v) is 1.42. The molecule has 0 radical (unpaired) electrons. The Labute approximate surface area is 90.9 Å². The zero-order valence-electron chi connectivity index (χ0n) is 8.43. The summed E-state index contributed by atoms with van der Waals surface area (Å²) in [6.07, 6.45) is 0.532. The van der Waals surface area contributed by atoms with Crippen LogP contribution in [-0.4, -0.2) is 24.2 Å². The third-order valence-corrected chi connectivity index (χ3v) is 2.36. The van der Waals surface area contributed by atoms with Gasteiger partial charge in [0.1, 0.15) is 11.8 Å². The molecule has 0 spiro atoms. The van der Waals surface area contributed by atoms with Crippen LogP contribution in [0.2, 0.25) is 0 Å². The van der Waals surface area contributed by atoms with Crippen LogP contribution in [0.4, 0.5) is 0 Å². The van der Waals surface area contributed by atoms with Gasteiger partial charge in [-0.1, -0.05) is 12.1 Å². The monoisotopic (exact) mass is 227 g/mol. The van der Waals surface area contributed by atoms with E-state index in [0.29, 0.717) is 6.42 Å². The van der Waals surface area contributed by atoms with Crippen molar-refractivity contribution in [3.63, 3.8) is 0 Å². The number of rotatable bonds is 4. The Kier molecular flexibility index (Phi) is 4.53. The zero-order chi connectivity index (χ0) is 11.3. The average molecular weight is 227 g/mol. The van der Waals surface area contributed by atoms with Crippen LogP contribution in [0.3, 0.4) is 0 Å². The summed E-state index contributed by atoms with van der Waals surface area (Å²) in [5.74, 6) is -0.107. The molecule has 0 bridgehead atoms. The molecule has 2 atom stereocenters. The van der Waals surface area contributed by atoms with E-state index in [-0.39, 0.29) is 17.8 Å². The van der Waals surface area contributed by atoms with Crippen molar-refractivity contribution in [1.82, 2.24) is 5.32 Å². The predicted molar refractivity (Wildman–Crippen MR) is 60.5 cm³/mol. The van der Waals surface area contributed by atoms with Gasteiger partial charge in [0.15, 0.2) is 0 Å². The van der Waals surface area contributed by atoms with Crippen molar-refractivity contribution >= 4 is 15.4 Å². The minimum absolute atomic E-state index is 0.216. The molecule has 4 nitrogen and oxygen atoms in total. The molecule has 0 saturated carbocycles. The maximum Gasteiger partial charge on any atom is 0.325 e. The summed E-state index contributed by atoms with van der Waals surface area (Å²) in [6.45, 7) is 0. The van der Waals surface area contributed by atoms with Crippen molar-refractivity contribution < 1.29 is 14.4 Å². The van der Waals surface area contributed by atoms with Gasteiger partial charge in [-0.3, -0.25) is 4.79 Å². The molecule has 0 fully saturated rings. The summed E-state index contributed by atoms with van der Waals surface area (Å²) in [7, 11) is 3.64. The minimum atomic E-state index is -0.368. The highest BCUT2D eigenvalue weighted by Gasteiger charge is 2.16. The fourth-order valence-electron chi connectivity index (χ4n) is 1.25. The van der Waals surface area contributed by atoms with Crippen molar-refractivity contribution in [2.75, 3.05) is 7.05 Å². The lowest BCUT2D eigenvalue weighted by molar-refractivity contribution is -0.135. The van der Waals surface area contributed by atoms with Gasteiger partial charge in [0.2, 0.25) is 0 Å². The van der Waals surface area contributed by atoms with E-state index in [1.165, 1.54) is 0 Å². The molecule has 0 saturated heterocycles. The van der Waals surface area contributed by atoms with Crippen molar-refractivity contribution in [3.8, 4) is 5.75 Å². The van der Waals surface area contributed by atoms with Crippen LogP contribution in [0.25, 0.3) is 0 Å². The molecule has 5 heteroatoms. The number of hydrogen-bond acceptors (Lipinski definition) is 4. The third-order valence-electron chi connectivity index (χ3n) is 2.13. The smallest absolute Gasteiger partial charge is 0.325 e. The Morgan fingerprint density at radius 1 is 1.53 bits per heavy atom. The number of carbonyl (C=O) groups is 1. The minimum Gasteiger partial charge on any atom is -0.508 e. The third kappa shape index (κ3) is 3.50. The second-order valence-corrected chi connectivity index (χ2v) is 3.38. The van der Waals surface area contributed by atoms with Gasteiger partial charge < -0.3 is 14.9 Å². The molecule has 2 N–H and O–H groups in total. The molecule has 0 amide bonds. The lowest BCUT2D eigenvalue weighted by Crippen LogP contribution is -2.36. The van der Waals surface area contributed by atoms with Crippen molar-refractivity contribution in [2.24, 2.45) is 0 Å². The second-order valence-electron chi connectivity index (χ2n) is 3.15. The first kappa shape index (κ1) is 12.0. The number of likely N-dealkylation sites (N-methyl/N-ethyl adjacent to an activating group) is 1. The van der Waals surface area contributed by atoms with E-state index in [9.17, 15) is 4.79 Å². The quantitative estimate of drug-likeness (QED) is 0.749. The largest absolute Gasteiger partial charge is 0.508 e. The highest BCUT2D eigenvalue weighted by Crippen LogP contribution is 2.12. The Balaban J connectivity index is 2.66. The Hall–Kier alpha value is -1.12. The van der Waals surface area contributed by atoms with Crippen LogP contribution in [0, 0.1) is 0 Å². The molecule has 0 aromatic heterocycles. The molecule has 82 valence electrons. The van der Waals surface area contributed by atoms with Crippen molar-refractivity contribution in [2.45, 2.75) is 12.5 Å². The summed E-state index contributed by atoms with van der Waals surface area (Å²) < 4.78 is 4.57. The first-order valence-electron chi connectivity index (χ1n) is 4.53. The SMILES string of the molecule is CN[C@@H](Cc1ccc(O)cc1)C(=O)OP. The summed E-state index contributed by atoms with van der Waals surface area (Å²) in [6, 6.07) is 6.36. The van der Waals surface area contributed by atoms with E-state index in [1.54, 1.807) is 31.3 Å². The highest BCUT2D eigenvalue weighted by atomic mass is 31.0. The summed E-state index contributed by atoms with van der Waals surface area (Å²) in [5, 5.41) is 12.0. The number of phenols is 1. The first-order valence-corrected chi connectivity index (χ1v) is 5.00. The van der Waals surface area contributed by atoms with E-state index < -0.39 is 0 Å².